The maximum absolute atomic E-state index is 4.83. The van der Waals surface area contributed by atoms with Gasteiger partial charge in [0.15, 0.2) is 0 Å². The van der Waals surface area contributed by atoms with Crippen LogP contribution in [-0.2, 0) is 4.74 Å². The van der Waals surface area contributed by atoms with E-state index in [1.807, 2.05) is 27.7 Å². The van der Waals surface area contributed by atoms with Gasteiger partial charge in [-0.3, -0.25) is 0 Å². The molecular formula is C6H16O. The molecule has 7 heavy (non-hydrogen) atoms. The molecule has 0 atom stereocenters. The van der Waals surface area contributed by atoms with Crippen LogP contribution in [-0.4, -0.2) is 13.2 Å². The number of hydrogen-bond acceptors (Lipinski definition) is 1. The average molecular weight is 104 g/mol. The standard InChI is InChI=1S/C4H10O.C2H6/c1-3-5-4-2;1-2/h3-4H2,1-2H3;1-2H3. The van der Waals surface area contributed by atoms with E-state index in [0.717, 1.165) is 13.2 Å². The Morgan fingerprint density at radius 2 is 1.29 bits per heavy atom. The first-order chi connectivity index (χ1) is 3.41. The Balaban J connectivity index is 0. The van der Waals surface area contributed by atoms with Crippen LogP contribution in [0.5, 0.6) is 0 Å². The summed E-state index contributed by atoms with van der Waals surface area (Å²) in [5.74, 6) is 0. The van der Waals surface area contributed by atoms with Gasteiger partial charge in [0.25, 0.3) is 0 Å². The zero-order valence-electron chi connectivity index (χ0n) is 5.82. The molecule has 0 unspecified atom stereocenters. The minimum Gasteiger partial charge on any atom is -0.382 e. The van der Waals surface area contributed by atoms with E-state index in [-0.39, 0.29) is 0 Å². The minimum atomic E-state index is 0.844. The maximum Gasteiger partial charge on any atom is 0.0437 e. The molecule has 0 fully saturated rings. The highest BCUT2D eigenvalue weighted by Gasteiger charge is 1.64. The lowest BCUT2D eigenvalue weighted by Crippen LogP contribution is -1.84. The fourth-order valence-electron chi connectivity index (χ4n) is 0.204. The molecule has 0 rings (SSSR count). The van der Waals surface area contributed by atoms with Crippen LogP contribution in [0.3, 0.4) is 0 Å². The Hall–Kier alpha value is -0.0400. The highest BCUT2D eigenvalue weighted by molar-refractivity contribution is 4.07. The molecule has 0 N–H and O–H groups in total. The van der Waals surface area contributed by atoms with E-state index in [0.29, 0.717) is 0 Å². The zero-order chi connectivity index (χ0) is 6.12. The Morgan fingerprint density at radius 1 is 1.00 bits per heavy atom. The quantitative estimate of drug-likeness (QED) is 0.521. The first-order valence-electron chi connectivity index (χ1n) is 2.99. The summed E-state index contributed by atoms with van der Waals surface area (Å²) in [7, 11) is 0. The van der Waals surface area contributed by atoms with E-state index in [4.69, 9.17) is 4.74 Å². The third-order valence-electron chi connectivity index (χ3n) is 0.408. The second-order valence-corrected chi connectivity index (χ2v) is 0.781. The topological polar surface area (TPSA) is 9.23 Å². The molecule has 0 aromatic heterocycles. The van der Waals surface area contributed by atoms with Crippen molar-refractivity contribution in [2.75, 3.05) is 13.2 Å². The molecule has 46 valence electrons. The van der Waals surface area contributed by atoms with Crippen molar-refractivity contribution in [1.29, 1.82) is 0 Å². The van der Waals surface area contributed by atoms with Gasteiger partial charge >= 0.3 is 0 Å². The van der Waals surface area contributed by atoms with Crippen molar-refractivity contribution in [2.45, 2.75) is 27.7 Å². The Kier molecular flexibility index (Phi) is 24.0. The van der Waals surface area contributed by atoms with Crippen LogP contribution < -0.4 is 0 Å². The third-order valence-corrected chi connectivity index (χ3v) is 0.408. The Morgan fingerprint density at radius 3 is 1.29 bits per heavy atom. The lowest BCUT2D eigenvalue weighted by Gasteiger charge is -1.86. The van der Waals surface area contributed by atoms with Crippen molar-refractivity contribution < 1.29 is 4.74 Å². The van der Waals surface area contributed by atoms with Gasteiger partial charge in [-0.2, -0.15) is 0 Å². The van der Waals surface area contributed by atoms with Crippen LogP contribution in [0.15, 0.2) is 0 Å². The van der Waals surface area contributed by atoms with Gasteiger partial charge in [-0.25, -0.2) is 0 Å². The second-order valence-electron chi connectivity index (χ2n) is 0.781. The first kappa shape index (κ1) is 10.0. The van der Waals surface area contributed by atoms with Crippen LogP contribution in [0.2, 0.25) is 0 Å². The minimum absolute atomic E-state index is 0.844. The van der Waals surface area contributed by atoms with Crippen LogP contribution in [0.4, 0.5) is 0 Å². The monoisotopic (exact) mass is 104 g/mol. The van der Waals surface area contributed by atoms with Crippen LogP contribution in [0, 0.1) is 0 Å². The van der Waals surface area contributed by atoms with E-state index < -0.39 is 0 Å². The van der Waals surface area contributed by atoms with Gasteiger partial charge in [-0.05, 0) is 13.8 Å². The normalized spacial score (nSPS) is 6.86. The molecule has 0 aliphatic rings. The summed E-state index contributed by atoms with van der Waals surface area (Å²) >= 11 is 0. The summed E-state index contributed by atoms with van der Waals surface area (Å²) in [6.45, 7) is 9.67. The number of hydrogen-bond donors (Lipinski definition) is 0. The van der Waals surface area contributed by atoms with E-state index in [2.05, 4.69) is 0 Å². The molecular weight excluding hydrogens is 88.1 g/mol. The zero-order valence-corrected chi connectivity index (χ0v) is 5.82. The Labute approximate surface area is 46.7 Å². The van der Waals surface area contributed by atoms with Crippen molar-refractivity contribution in [1.82, 2.24) is 0 Å². The lowest BCUT2D eigenvalue weighted by atomic mass is 10.8. The maximum atomic E-state index is 4.83. The molecule has 0 radical (unpaired) electrons. The lowest BCUT2D eigenvalue weighted by molar-refractivity contribution is 0.162. The summed E-state index contributed by atoms with van der Waals surface area (Å²) < 4.78 is 4.83. The van der Waals surface area contributed by atoms with Crippen molar-refractivity contribution in [2.24, 2.45) is 0 Å². The molecule has 1 nitrogen and oxygen atoms in total. The fourth-order valence-corrected chi connectivity index (χ4v) is 0.204. The van der Waals surface area contributed by atoms with E-state index in [1.54, 1.807) is 0 Å². The molecule has 0 saturated carbocycles. The summed E-state index contributed by atoms with van der Waals surface area (Å²) in [4.78, 5) is 0. The first-order valence-corrected chi connectivity index (χ1v) is 2.99. The summed E-state index contributed by atoms with van der Waals surface area (Å²) in [6, 6.07) is 0. The molecule has 0 aromatic rings. The smallest absolute Gasteiger partial charge is 0.0437 e. The van der Waals surface area contributed by atoms with Crippen molar-refractivity contribution >= 4 is 0 Å². The predicted octanol–water partition coefficient (Wildman–Crippen LogP) is 2.07. The molecule has 0 aromatic carbocycles. The largest absolute Gasteiger partial charge is 0.382 e. The molecule has 0 heterocycles. The van der Waals surface area contributed by atoms with Gasteiger partial charge < -0.3 is 4.74 Å². The summed E-state index contributed by atoms with van der Waals surface area (Å²) in [5, 5.41) is 0. The Bertz CT molecular complexity index is 11.7. The summed E-state index contributed by atoms with van der Waals surface area (Å²) in [6.07, 6.45) is 0. The van der Waals surface area contributed by atoms with E-state index >= 15 is 0 Å². The van der Waals surface area contributed by atoms with E-state index in [1.165, 1.54) is 0 Å². The van der Waals surface area contributed by atoms with Gasteiger partial charge in [0.05, 0.1) is 0 Å². The number of ether oxygens (including phenoxy) is 1. The molecule has 0 amide bonds. The van der Waals surface area contributed by atoms with Crippen LogP contribution in [0.1, 0.15) is 27.7 Å². The molecule has 0 aliphatic carbocycles. The highest BCUT2D eigenvalue weighted by Crippen LogP contribution is 1.64. The molecule has 0 aliphatic heterocycles. The van der Waals surface area contributed by atoms with Crippen molar-refractivity contribution in [3.63, 3.8) is 0 Å². The predicted molar refractivity (Wildman–Crippen MR) is 33.5 cm³/mol. The van der Waals surface area contributed by atoms with Crippen LogP contribution in [0.25, 0.3) is 0 Å². The van der Waals surface area contributed by atoms with Gasteiger partial charge in [0, 0.05) is 13.2 Å². The molecule has 1 heteroatoms. The van der Waals surface area contributed by atoms with Crippen LogP contribution >= 0.6 is 0 Å². The van der Waals surface area contributed by atoms with Gasteiger partial charge in [0.2, 0.25) is 0 Å². The van der Waals surface area contributed by atoms with Gasteiger partial charge in [0.1, 0.15) is 0 Å². The molecule has 0 bridgehead atoms. The van der Waals surface area contributed by atoms with Gasteiger partial charge in [-0.1, -0.05) is 13.8 Å². The fraction of sp³-hybridized carbons (Fsp3) is 1.00. The number of rotatable bonds is 2. The van der Waals surface area contributed by atoms with Gasteiger partial charge in [-0.15, -0.1) is 0 Å². The van der Waals surface area contributed by atoms with E-state index in [9.17, 15) is 0 Å². The SMILES string of the molecule is CC.CCOCC. The van der Waals surface area contributed by atoms with Crippen molar-refractivity contribution in [3.8, 4) is 0 Å². The second kappa shape index (κ2) is 16.7. The summed E-state index contributed by atoms with van der Waals surface area (Å²) in [5.41, 5.74) is 0. The molecule has 0 spiro atoms. The van der Waals surface area contributed by atoms with Crippen molar-refractivity contribution in [3.05, 3.63) is 0 Å². The highest BCUT2D eigenvalue weighted by atomic mass is 16.5. The third kappa shape index (κ3) is 24.3. The average Bonchev–Trinajstić information content (AvgIpc) is 1.75. The molecule has 0 saturated heterocycles.